The molecule has 33 heavy (non-hydrogen) atoms. The van der Waals surface area contributed by atoms with Gasteiger partial charge in [-0.3, -0.25) is 20.4 Å². The molecule has 0 fully saturated rings. The summed E-state index contributed by atoms with van der Waals surface area (Å²) in [6.45, 7) is 1.79. The zero-order chi connectivity index (χ0) is 23.2. The number of halogens is 1. The molecule has 8 heteroatoms. The number of para-hydroxylation sites is 1. The first-order valence-electron chi connectivity index (χ1n) is 10.0. The summed E-state index contributed by atoms with van der Waals surface area (Å²) >= 11 is 5.99. The highest BCUT2D eigenvalue weighted by atomic mass is 35.5. The molecule has 2 N–H and O–H groups in total. The average Bonchev–Trinajstić information content (AvgIpc) is 2.81. The van der Waals surface area contributed by atoms with Crippen molar-refractivity contribution in [2.75, 3.05) is 5.32 Å². The van der Waals surface area contributed by atoms with Crippen molar-refractivity contribution in [2.45, 2.75) is 6.92 Å². The van der Waals surface area contributed by atoms with Gasteiger partial charge in [-0.25, -0.2) is 9.78 Å². The van der Waals surface area contributed by atoms with Crippen LogP contribution in [0.4, 0.5) is 10.6 Å². The molecule has 0 aliphatic carbocycles. The van der Waals surface area contributed by atoms with Crippen LogP contribution in [0.15, 0.2) is 85.1 Å². The molecule has 0 atom stereocenters. The molecule has 164 valence electrons. The van der Waals surface area contributed by atoms with E-state index in [-0.39, 0.29) is 16.4 Å². The zero-order valence-electron chi connectivity index (χ0n) is 17.6. The Hall–Kier alpha value is -4.23. The lowest BCUT2D eigenvalue weighted by molar-refractivity contribution is 0.0967. The normalized spacial score (nSPS) is 10.4. The van der Waals surface area contributed by atoms with Crippen LogP contribution in [0.1, 0.15) is 16.1 Å². The second kappa shape index (κ2) is 9.93. The van der Waals surface area contributed by atoms with E-state index in [4.69, 9.17) is 16.3 Å². The van der Waals surface area contributed by atoms with Gasteiger partial charge >= 0.3 is 6.03 Å². The molecule has 0 spiro atoms. The molecule has 1 aromatic heterocycles. The van der Waals surface area contributed by atoms with Gasteiger partial charge in [-0.05, 0) is 55.5 Å². The molecule has 0 radical (unpaired) electrons. The first kappa shape index (κ1) is 22.0. The third-order valence-corrected chi connectivity index (χ3v) is 4.97. The number of imide groups is 1. The fourth-order valence-electron chi connectivity index (χ4n) is 3.09. The van der Waals surface area contributed by atoms with Gasteiger partial charge in [0.1, 0.15) is 11.5 Å². The van der Waals surface area contributed by atoms with Gasteiger partial charge in [-0.1, -0.05) is 41.9 Å². The molecule has 0 bridgehead atoms. The highest BCUT2D eigenvalue weighted by Gasteiger charge is 2.14. The summed E-state index contributed by atoms with van der Waals surface area (Å²) in [5, 5.41) is 4.99. The van der Waals surface area contributed by atoms with Gasteiger partial charge in [0.05, 0.1) is 28.2 Å². The molecule has 0 saturated carbocycles. The smallest absolute Gasteiger partial charge is 0.327 e. The third kappa shape index (κ3) is 5.53. The highest BCUT2D eigenvalue weighted by molar-refractivity contribution is 6.34. The van der Waals surface area contributed by atoms with Gasteiger partial charge < -0.3 is 4.74 Å². The lowest BCUT2D eigenvalue weighted by Gasteiger charge is -2.10. The van der Waals surface area contributed by atoms with Crippen LogP contribution in [0.5, 0.6) is 11.5 Å². The van der Waals surface area contributed by atoms with E-state index in [2.05, 4.69) is 20.6 Å². The van der Waals surface area contributed by atoms with E-state index in [0.29, 0.717) is 17.1 Å². The van der Waals surface area contributed by atoms with E-state index >= 15 is 0 Å². The molecule has 4 rings (SSSR count). The van der Waals surface area contributed by atoms with Crippen LogP contribution in [0.25, 0.3) is 11.3 Å². The van der Waals surface area contributed by atoms with Crippen LogP contribution in [-0.4, -0.2) is 21.9 Å². The second-order valence-electron chi connectivity index (χ2n) is 7.02. The molecule has 1 heterocycles. The first-order valence-corrected chi connectivity index (χ1v) is 10.4. The minimum atomic E-state index is -0.733. The molecule has 4 aromatic rings. The monoisotopic (exact) mass is 458 g/mol. The van der Waals surface area contributed by atoms with E-state index in [9.17, 15) is 9.59 Å². The molecular formula is C25H19ClN4O3. The van der Waals surface area contributed by atoms with Gasteiger partial charge in [0, 0.05) is 5.56 Å². The zero-order valence-corrected chi connectivity index (χ0v) is 18.3. The number of anilines is 1. The molecule has 0 saturated heterocycles. The van der Waals surface area contributed by atoms with Gasteiger partial charge in [0.25, 0.3) is 5.91 Å². The number of carbonyl (C=O) groups is 2. The van der Waals surface area contributed by atoms with Gasteiger partial charge in [-0.15, -0.1) is 0 Å². The molecular weight excluding hydrogens is 440 g/mol. The Kier molecular flexibility index (Phi) is 6.61. The predicted octanol–water partition coefficient (Wildman–Crippen LogP) is 5.86. The van der Waals surface area contributed by atoms with Crippen molar-refractivity contribution in [3.05, 3.63) is 101 Å². The largest absolute Gasteiger partial charge is 0.457 e. The predicted molar refractivity (Wildman–Crippen MR) is 127 cm³/mol. The molecule has 0 aliphatic rings. The molecule has 3 amide bonds. The van der Waals surface area contributed by atoms with Gasteiger partial charge in [0.2, 0.25) is 0 Å². The number of carbonyl (C=O) groups excluding carboxylic acids is 2. The van der Waals surface area contributed by atoms with Crippen molar-refractivity contribution >= 4 is 29.4 Å². The van der Waals surface area contributed by atoms with Crippen LogP contribution in [-0.2, 0) is 0 Å². The SMILES string of the molecule is Cc1nc(NC(=O)NC(=O)c2ccccc2Cl)cnc1-c1ccc(Oc2ccccc2)cc1. The Morgan fingerprint density at radius 1 is 0.879 bits per heavy atom. The third-order valence-electron chi connectivity index (χ3n) is 4.64. The van der Waals surface area contributed by atoms with E-state index in [1.54, 1.807) is 25.1 Å². The topological polar surface area (TPSA) is 93.2 Å². The van der Waals surface area contributed by atoms with Crippen molar-refractivity contribution in [1.29, 1.82) is 0 Å². The standard InChI is InChI=1S/C25H19ClN4O3/c1-16-23(17-11-13-19(14-12-17)33-18-7-3-2-4-8-18)27-15-22(28-16)29-25(32)30-24(31)20-9-5-6-10-21(20)26/h2-15H,1H3,(H2,28,29,30,31,32). The Bertz CT molecular complexity index is 1290. The Labute approximate surface area is 195 Å². The number of aromatic nitrogens is 2. The molecule has 7 nitrogen and oxygen atoms in total. The van der Waals surface area contributed by atoms with Crippen LogP contribution >= 0.6 is 11.6 Å². The van der Waals surface area contributed by atoms with Crippen LogP contribution in [0, 0.1) is 6.92 Å². The quantitative estimate of drug-likeness (QED) is 0.390. The van der Waals surface area contributed by atoms with E-state index < -0.39 is 11.9 Å². The Balaban J connectivity index is 1.41. The maximum Gasteiger partial charge on any atom is 0.327 e. The molecule has 0 unspecified atom stereocenters. The summed E-state index contributed by atoms with van der Waals surface area (Å²) < 4.78 is 5.81. The van der Waals surface area contributed by atoms with Crippen molar-refractivity contribution in [2.24, 2.45) is 0 Å². The summed E-state index contributed by atoms with van der Waals surface area (Å²) in [7, 11) is 0. The van der Waals surface area contributed by atoms with E-state index in [1.807, 2.05) is 54.6 Å². The Morgan fingerprint density at radius 3 is 2.24 bits per heavy atom. The first-order chi connectivity index (χ1) is 16.0. The molecule has 0 aliphatic heterocycles. The second-order valence-corrected chi connectivity index (χ2v) is 7.42. The Morgan fingerprint density at radius 2 is 1.55 bits per heavy atom. The van der Waals surface area contributed by atoms with Gasteiger partial charge in [-0.2, -0.15) is 0 Å². The van der Waals surface area contributed by atoms with Crippen molar-refractivity contribution in [1.82, 2.24) is 15.3 Å². The molecule has 3 aromatic carbocycles. The number of nitrogens with one attached hydrogen (secondary N) is 2. The number of amides is 3. The number of benzene rings is 3. The maximum atomic E-state index is 12.2. The van der Waals surface area contributed by atoms with Crippen LogP contribution in [0.2, 0.25) is 5.02 Å². The summed E-state index contributed by atoms with van der Waals surface area (Å²) in [6.07, 6.45) is 1.43. The number of nitrogens with zero attached hydrogens (tertiary/aromatic N) is 2. The van der Waals surface area contributed by atoms with Crippen LogP contribution in [0.3, 0.4) is 0 Å². The van der Waals surface area contributed by atoms with Crippen molar-refractivity contribution in [3.63, 3.8) is 0 Å². The number of hydrogen-bond donors (Lipinski definition) is 2. The number of aryl methyl sites for hydroxylation is 1. The highest BCUT2D eigenvalue weighted by Crippen LogP contribution is 2.26. The number of rotatable bonds is 5. The minimum Gasteiger partial charge on any atom is -0.457 e. The fourth-order valence-corrected chi connectivity index (χ4v) is 3.32. The minimum absolute atomic E-state index is 0.201. The van der Waals surface area contributed by atoms with Crippen LogP contribution < -0.4 is 15.4 Å². The maximum absolute atomic E-state index is 12.2. The fraction of sp³-hybridized carbons (Fsp3) is 0.0400. The number of hydrogen-bond acceptors (Lipinski definition) is 5. The number of urea groups is 1. The summed E-state index contributed by atoms with van der Waals surface area (Å²) in [5.74, 6) is 1.05. The lowest BCUT2D eigenvalue weighted by atomic mass is 10.1. The van der Waals surface area contributed by atoms with E-state index in [0.717, 1.165) is 11.3 Å². The average molecular weight is 459 g/mol. The summed E-state index contributed by atoms with van der Waals surface area (Å²) in [6, 6.07) is 22.7. The van der Waals surface area contributed by atoms with Crippen molar-refractivity contribution in [3.8, 4) is 22.8 Å². The van der Waals surface area contributed by atoms with Gasteiger partial charge in [0.15, 0.2) is 5.82 Å². The summed E-state index contributed by atoms with van der Waals surface area (Å²) in [4.78, 5) is 33.2. The number of ether oxygens (including phenoxy) is 1. The van der Waals surface area contributed by atoms with Crippen molar-refractivity contribution < 1.29 is 14.3 Å². The summed E-state index contributed by atoms with van der Waals surface area (Å²) in [5.41, 5.74) is 2.33. The van der Waals surface area contributed by atoms with E-state index in [1.165, 1.54) is 12.3 Å². The lowest BCUT2D eigenvalue weighted by Crippen LogP contribution is -2.34.